The molecule has 0 saturated carbocycles. The number of amides is 2. The number of thioether (sulfide) groups is 1. The molecule has 0 aliphatic carbocycles. The molecule has 1 saturated heterocycles. The molecule has 1 fully saturated rings. The molecule has 3 aromatic carbocycles. The Hall–Kier alpha value is -3.85. The minimum absolute atomic E-state index is 0.00106. The number of hydrogen-bond acceptors (Lipinski definition) is 7. The molecule has 40 heavy (non-hydrogen) atoms. The number of fused-ring (bicyclic) bond motifs is 1. The number of methoxy groups -OCH3 is 3. The summed E-state index contributed by atoms with van der Waals surface area (Å²) in [6, 6.07) is 19.2. The van der Waals surface area contributed by atoms with E-state index in [9.17, 15) is 9.59 Å². The van der Waals surface area contributed by atoms with Gasteiger partial charge in [-0.2, -0.15) is 0 Å². The molecular formula is C31H35N3O5S. The summed E-state index contributed by atoms with van der Waals surface area (Å²) >= 11 is 1.66. The van der Waals surface area contributed by atoms with Gasteiger partial charge in [0.25, 0.3) is 5.91 Å². The SMILES string of the molecule is COc1ccc(N2CCN(C(=O)[C@@H]3c4cc(OC)c(OC)cc4C(=O)N(C)[C@@H]3c3ccc(SC)cc3)CC2)cc1. The number of rotatable bonds is 7. The number of carbonyl (C=O) groups is 2. The van der Waals surface area contributed by atoms with E-state index in [1.165, 1.54) is 0 Å². The number of carbonyl (C=O) groups excluding carboxylic acids is 2. The number of likely N-dealkylation sites (N-methyl/N-ethyl adjacent to an activating group) is 1. The highest BCUT2D eigenvalue weighted by atomic mass is 32.2. The molecule has 5 rings (SSSR count). The second-order valence-corrected chi connectivity index (χ2v) is 10.8. The van der Waals surface area contributed by atoms with E-state index in [0.29, 0.717) is 48.8 Å². The Morgan fingerprint density at radius 3 is 2.05 bits per heavy atom. The first-order valence-corrected chi connectivity index (χ1v) is 14.5. The average Bonchev–Trinajstić information content (AvgIpc) is 3.01. The number of nitrogens with zero attached hydrogens (tertiary/aromatic N) is 3. The molecule has 9 heteroatoms. The van der Waals surface area contributed by atoms with Crippen LogP contribution in [0.15, 0.2) is 65.6 Å². The van der Waals surface area contributed by atoms with Gasteiger partial charge in [-0.15, -0.1) is 11.8 Å². The van der Waals surface area contributed by atoms with Crippen molar-refractivity contribution < 1.29 is 23.8 Å². The van der Waals surface area contributed by atoms with Crippen LogP contribution in [0.1, 0.15) is 33.4 Å². The average molecular weight is 562 g/mol. The minimum Gasteiger partial charge on any atom is -0.497 e. The third kappa shape index (κ3) is 5.06. The van der Waals surface area contributed by atoms with Crippen molar-refractivity contribution in [1.29, 1.82) is 0 Å². The highest BCUT2D eigenvalue weighted by Crippen LogP contribution is 2.46. The Balaban J connectivity index is 1.50. The highest BCUT2D eigenvalue weighted by molar-refractivity contribution is 7.98. The predicted molar refractivity (Wildman–Crippen MR) is 157 cm³/mol. The Labute approximate surface area is 239 Å². The lowest BCUT2D eigenvalue weighted by Crippen LogP contribution is -2.53. The molecule has 0 N–H and O–H groups in total. The molecule has 0 spiro atoms. The van der Waals surface area contributed by atoms with E-state index in [4.69, 9.17) is 14.2 Å². The van der Waals surface area contributed by atoms with Crippen LogP contribution >= 0.6 is 11.8 Å². The fourth-order valence-electron chi connectivity index (χ4n) is 5.71. The van der Waals surface area contributed by atoms with Crippen LogP contribution in [-0.4, -0.2) is 82.4 Å². The molecule has 0 bridgehead atoms. The van der Waals surface area contributed by atoms with Gasteiger partial charge in [0.2, 0.25) is 5.91 Å². The molecule has 2 atom stereocenters. The summed E-state index contributed by atoms with van der Waals surface area (Å²) in [5, 5.41) is 0. The molecule has 2 amide bonds. The Bertz CT molecular complexity index is 1370. The summed E-state index contributed by atoms with van der Waals surface area (Å²) in [5.74, 6) is 1.03. The van der Waals surface area contributed by atoms with Crippen molar-refractivity contribution in [2.24, 2.45) is 0 Å². The monoisotopic (exact) mass is 561 g/mol. The van der Waals surface area contributed by atoms with Crippen molar-refractivity contribution >= 4 is 29.3 Å². The van der Waals surface area contributed by atoms with Gasteiger partial charge in [-0.25, -0.2) is 0 Å². The Morgan fingerprint density at radius 2 is 1.48 bits per heavy atom. The third-order valence-electron chi connectivity index (χ3n) is 7.93. The van der Waals surface area contributed by atoms with Crippen LogP contribution in [-0.2, 0) is 4.79 Å². The van der Waals surface area contributed by atoms with Crippen LogP contribution in [0.4, 0.5) is 5.69 Å². The highest BCUT2D eigenvalue weighted by Gasteiger charge is 2.45. The maximum Gasteiger partial charge on any atom is 0.254 e. The second kappa shape index (κ2) is 11.7. The topological polar surface area (TPSA) is 71.5 Å². The molecule has 2 heterocycles. The lowest BCUT2D eigenvalue weighted by molar-refractivity contribution is -0.134. The fourth-order valence-corrected chi connectivity index (χ4v) is 6.12. The lowest BCUT2D eigenvalue weighted by atomic mass is 9.78. The summed E-state index contributed by atoms with van der Waals surface area (Å²) < 4.78 is 16.4. The van der Waals surface area contributed by atoms with Crippen molar-refractivity contribution in [2.75, 3.05) is 65.7 Å². The van der Waals surface area contributed by atoms with E-state index in [0.717, 1.165) is 21.9 Å². The summed E-state index contributed by atoms with van der Waals surface area (Å²) in [4.78, 5) is 35.1. The molecule has 2 aliphatic rings. The zero-order valence-electron chi connectivity index (χ0n) is 23.5. The van der Waals surface area contributed by atoms with Crippen LogP contribution in [0.25, 0.3) is 0 Å². The summed E-state index contributed by atoms with van der Waals surface area (Å²) in [6.45, 7) is 2.59. The third-order valence-corrected chi connectivity index (χ3v) is 8.67. The van der Waals surface area contributed by atoms with Gasteiger partial charge in [0.05, 0.1) is 33.3 Å². The van der Waals surface area contributed by atoms with Gasteiger partial charge in [0.15, 0.2) is 11.5 Å². The summed E-state index contributed by atoms with van der Waals surface area (Å²) in [5.41, 5.74) is 3.16. The smallest absolute Gasteiger partial charge is 0.254 e. The van der Waals surface area contributed by atoms with E-state index in [1.807, 2.05) is 59.7 Å². The maximum atomic E-state index is 14.4. The number of anilines is 1. The Kier molecular flexibility index (Phi) is 8.12. The predicted octanol–water partition coefficient (Wildman–Crippen LogP) is 4.69. The van der Waals surface area contributed by atoms with Crippen molar-refractivity contribution in [3.05, 3.63) is 77.4 Å². The molecule has 210 valence electrons. The fraction of sp³-hybridized carbons (Fsp3) is 0.355. The molecule has 0 radical (unpaired) electrons. The Morgan fingerprint density at radius 1 is 0.850 bits per heavy atom. The molecule has 3 aromatic rings. The van der Waals surface area contributed by atoms with Crippen LogP contribution in [0.2, 0.25) is 0 Å². The maximum absolute atomic E-state index is 14.4. The molecule has 0 aromatic heterocycles. The van der Waals surface area contributed by atoms with Gasteiger partial charge in [0.1, 0.15) is 5.75 Å². The van der Waals surface area contributed by atoms with E-state index in [1.54, 1.807) is 57.2 Å². The normalized spacial score (nSPS) is 18.8. The van der Waals surface area contributed by atoms with Crippen molar-refractivity contribution in [3.63, 3.8) is 0 Å². The molecule has 2 aliphatic heterocycles. The first-order valence-electron chi connectivity index (χ1n) is 13.2. The van der Waals surface area contributed by atoms with Crippen LogP contribution < -0.4 is 19.1 Å². The van der Waals surface area contributed by atoms with Crippen molar-refractivity contribution in [3.8, 4) is 17.2 Å². The molecule has 8 nitrogen and oxygen atoms in total. The van der Waals surface area contributed by atoms with E-state index >= 15 is 0 Å². The van der Waals surface area contributed by atoms with E-state index < -0.39 is 12.0 Å². The molecular weight excluding hydrogens is 526 g/mol. The first-order chi connectivity index (χ1) is 19.4. The quantitative estimate of drug-likeness (QED) is 0.388. The number of hydrogen-bond donors (Lipinski definition) is 0. The van der Waals surface area contributed by atoms with Crippen LogP contribution in [0.5, 0.6) is 17.2 Å². The minimum atomic E-state index is -0.592. The number of piperazine rings is 1. The lowest BCUT2D eigenvalue weighted by Gasteiger charge is -2.43. The zero-order chi connectivity index (χ0) is 28.4. The standard InChI is InChI=1S/C31H35N3O5S/c1-32-29(20-6-12-23(40-5)13-7-20)28(24-18-26(38-3)27(39-4)19-25(24)30(32)35)31(36)34-16-14-33(15-17-34)21-8-10-22(37-2)11-9-21/h6-13,18-19,28-29H,14-17H2,1-5H3/t28-,29-/m1/s1. The largest absolute Gasteiger partial charge is 0.497 e. The van der Waals surface area contributed by atoms with Gasteiger partial charge in [-0.1, -0.05) is 12.1 Å². The molecule has 0 unspecified atom stereocenters. The van der Waals surface area contributed by atoms with Gasteiger partial charge in [-0.3, -0.25) is 9.59 Å². The van der Waals surface area contributed by atoms with Gasteiger partial charge in [0, 0.05) is 49.4 Å². The van der Waals surface area contributed by atoms with Gasteiger partial charge in [-0.05, 0) is 65.9 Å². The van der Waals surface area contributed by atoms with Crippen LogP contribution in [0, 0.1) is 0 Å². The number of benzene rings is 3. The van der Waals surface area contributed by atoms with E-state index in [-0.39, 0.29) is 11.8 Å². The zero-order valence-corrected chi connectivity index (χ0v) is 24.4. The van der Waals surface area contributed by atoms with E-state index in [2.05, 4.69) is 4.90 Å². The van der Waals surface area contributed by atoms with Gasteiger partial charge >= 0.3 is 0 Å². The van der Waals surface area contributed by atoms with Crippen LogP contribution in [0.3, 0.4) is 0 Å². The van der Waals surface area contributed by atoms with Crippen molar-refractivity contribution in [2.45, 2.75) is 16.9 Å². The second-order valence-electron chi connectivity index (χ2n) is 9.92. The van der Waals surface area contributed by atoms with Crippen molar-refractivity contribution in [1.82, 2.24) is 9.80 Å². The first kappa shape index (κ1) is 27.7. The summed E-state index contributed by atoms with van der Waals surface area (Å²) in [6.07, 6.45) is 2.03. The summed E-state index contributed by atoms with van der Waals surface area (Å²) in [7, 11) is 6.54. The van der Waals surface area contributed by atoms with Gasteiger partial charge < -0.3 is 28.9 Å². The number of ether oxygens (including phenoxy) is 3.